The summed E-state index contributed by atoms with van der Waals surface area (Å²) in [5.74, 6) is -0.479. The van der Waals surface area contributed by atoms with Crippen LogP contribution in [0.15, 0.2) is 17.3 Å². The molecular formula is C5H7N3O. The van der Waals surface area contributed by atoms with Crippen LogP contribution in [0.1, 0.15) is 0 Å². The van der Waals surface area contributed by atoms with E-state index in [1.54, 1.807) is 12.3 Å². The Morgan fingerprint density at radius 1 is 1.89 bits per heavy atom. The highest BCUT2D eigenvalue weighted by atomic mass is 16.1. The summed E-state index contributed by atoms with van der Waals surface area (Å²) in [4.78, 5) is 14.1. The summed E-state index contributed by atoms with van der Waals surface area (Å²) in [5, 5.41) is 2.79. The number of primary amides is 1. The van der Waals surface area contributed by atoms with E-state index >= 15 is 0 Å². The van der Waals surface area contributed by atoms with Crippen LogP contribution in [-0.4, -0.2) is 18.3 Å². The lowest BCUT2D eigenvalue weighted by molar-refractivity contribution is -0.111. The Balaban J connectivity index is 2.69. The minimum Gasteiger partial charge on any atom is -0.372 e. The number of hydrogen-bond donors (Lipinski definition) is 2. The molecular weight excluding hydrogens is 118 g/mol. The van der Waals surface area contributed by atoms with Crippen molar-refractivity contribution in [2.45, 2.75) is 0 Å². The molecule has 1 rings (SSSR count). The van der Waals surface area contributed by atoms with Crippen molar-refractivity contribution in [1.29, 1.82) is 0 Å². The van der Waals surface area contributed by atoms with Gasteiger partial charge in [0.25, 0.3) is 5.91 Å². The van der Waals surface area contributed by atoms with Crippen LogP contribution in [0.25, 0.3) is 0 Å². The molecule has 0 saturated heterocycles. The van der Waals surface area contributed by atoms with E-state index < -0.39 is 5.91 Å². The molecule has 48 valence electrons. The fourth-order valence-corrected chi connectivity index (χ4v) is 0.534. The van der Waals surface area contributed by atoms with E-state index in [4.69, 9.17) is 5.73 Å². The zero-order chi connectivity index (χ0) is 6.69. The van der Waals surface area contributed by atoms with E-state index in [0.717, 1.165) is 0 Å². The highest BCUT2D eigenvalue weighted by Gasteiger charge is 2.02. The molecule has 0 aromatic heterocycles. The molecule has 1 aliphatic rings. The Kier molecular flexibility index (Phi) is 1.48. The monoisotopic (exact) mass is 125 g/mol. The van der Waals surface area contributed by atoms with E-state index in [0.29, 0.717) is 12.4 Å². The summed E-state index contributed by atoms with van der Waals surface area (Å²) in [6.07, 6.45) is 3.19. The second-order valence-electron chi connectivity index (χ2n) is 1.60. The zero-order valence-electron chi connectivity index (χ0n) is 4.79. The molecule has 0 bridgehead atoms. The third kappa shape index (κ3) is 1.28. The van der Waals surface area contributed by atoms with Gasteiger partial charge in [-0.25, -0.2) is 0 Å². The van der Waals surface area contributed by atoms with Gasteiger partial charge in [-0.05, 0) is 6.08 Å². The van der Waals surface area contributed by atoms with Gasteiger partial charge in [-0.1, -0.05) is 0 Å². The molecule has 0 aromatic rings. The maximum absolute atomic E-state index is 10.4. The number of aliphatic imine (C=N–C) groups is 1. The quantitative estimate of drug-likeness (QED) is 0.471. The average Bonchev–Trinajstić information content (AvgIpc) is 1.90. The molecule has 0 fully saturated rings. The van der Waals surface area contributed by atoms with E-state index in [2.05, 4.69) is 10.3 Å². The summed E-state index contributed by atoms with van der Waals surface area (Å²) >= 11 is 0. The van der Waals surface area contributed by atoms with Crippen molar-refractivity contribution in [3.05, 3.63) is 12.3 Å². The Bertz CT molecular complexity index is 183. The first-order valence-corrected chi connectivity index (χ1v) is 2.55. The standard InChI is InChI=1S/C5H7N3O/c6-5(9)4-1-2-7-3-8-4/h1-2,7H,3H2,(H2,6,9). The van der Waals surface area contributed by atoms with Crippen LogP contribution >= 0.6 is 0 Å². The van der Waals surface area contributed by atoms with Gasteiger partial charge in [-0.15, -0.1) is 0 Å². The number of nitrogens with two attached hydrogens (primary N) is 1. The number of carbonyl (C=O) groups is 1. The van der Waals surface area contributed by atoms with Crippen molar-refractivity contribution < 1.29 is 4.79 Å². The summed E-state index contributed by atoms with van der Waals surface area (Å²) in [5.41, 5.74) is 5.25. The number of nitrogens with one attached hydrogen (secondary N) is 1. The SMILES string of the molecule is NC(=O)C1=NCNC=C1. The van der Waals surface area contributed by atoms with Crippen molar-refractivity contribution in [2.24, 2.45) is 10.7 Å². The van der Waals surface area contributed by atoms with Crippen molar-refractivity contribution >= 4 is 11.6 Å². The molecule has 0 aromatic carbocycles. The second-order valence-corrected chi connectivity index (χ2v) is 1.60. The maximum Gasteiger partial charge on any atom is 0.266 e. The van der Waals surface area contributed by atoms with Gasteiger partial charge in [0.15, 0.2) is 0 Å². The van der Waals surface area contributed by atoms with Crippen LogP contribution in [0.5, 0.6) is 0 Å². The number of carbonyl (C=O) groups excluding carboxylic acids is 1. The Labute approximate surface area is 52.5 Å². The number of nitrogens with zero attached hydrogens (tertiary/aromatic N) is 1. The van der Waals surface area contributed by atoms with E-state index in [9.17, 15) is 4.79 Å². The van der Waals surface area contributed by atoms with Crippen LogP contribution in [-0.2, 0) is 4.79 Å². The Hall–Kier alpha value is -1.32. The van der Waals surface area contributed by atoms with Gasteiger partial charge in [-0.3, -0.25) is 9.79 Å². The molecule has 0 radical (unpaired) electrons. The van der Waals surface area contributed by atoms with Gasteiger partial charge in [0.1, 0.15) is 12.4 Å². The molecule has 4 heteroatoms. The predicted octanol–water partition coefficient (Wildman–Crippen LogP) is -1.01. The molecule has 1 amide bonds. The topological polar surface area (TPSA) is 67.5 Å². The lowest BCUT2D eigenvalue weighted by atomic mass is 10.3. The Morgan fingerprint density at radius 3 is 3.00 bits per heavy atom. The summed E-state index contributed by atoms with van der Waals surface area (Å²) in [6, 6.07) is 0. The Morgan fingerprint density at radius 2 is 2.67 bits per heavy atom. The largest absolute Gasteiger partial charge is 0.372 e. The minimum absolute atomic E-state index is 0.328. The maximum atomic E-state index is 10.4. The highest BCUT2D eigenvalue weighted by Crippen LogP contribution is 1.85. The van der Waals surface area contributed by atoms with Crippen LogP contribution in [0, 0.1) is 0 Å². The smallest absolute Gasteiger partial charge is 0.266 e. The van der Waals surface area contributed by atoms with Crippen LogP contribution < -0.4 is 11.1 Å². The number of rotatable bonds is 1. The minimum atomic E-state index is -0.479. The van der Waals surface area contributed by atoms with Gasteiger partial charge in [0, 0.05) is 6.20 Å². The predicted molar refractivity (Wildman–Crippen MR) is 33.8 cm³/mol. The highest BCUT2D eigenvalue weighted by molar-refractivity contribution is 6.42. The lowest BCUT2D eigenvalue weighted by Crippen LogP contribution is -2.26. The van der Waals surface area contributed by atoms with Gasteiger partial charge in [0.2, 0.25) is 0 Å². The molecule has 4 nitrogen and oxygen atoms in total. The molecule has 0 atom stereocenters. The van der Waals surface area contributed by atoms with Crippen molar-refractivity contribution in [3.8, 4) is 0 Å². The molecule has 1 heterocycles. The van der Waals surface area contributed by atoms with Crippen molar-refractivity contribution in [3.63, 3.8) is 0 Å². The van der Waals surface area contributed by atoms with Crippen LogP contribution in [0.4, 0.5) is 0 Å². The molecule has 3 N–H and O–H groups in total. The summed E-state index contributed by atoms with van der Waals surface area (Å²) in [7, 11) is 0. The first kappa shape index (κ1) is 5.81. The van der Waals surface area contributed by atoms with Gasteiger partial charge in [-0.2, -0.15) is 0 Å². The molecule has 0 aliphatic carbocycles. The van der Waals surface area contributed by atoms with Gasteiger partial charge >= 0.3 is 0 Å². The van der Waals surface area contributed by atoms with Gasteiger partial charge < -0.3 is 11.1 Å². The average molecular weight is 125 g/mol. The third-order valence-corrected chi connectivity index (χ3v) is 0.952. The fraction of sp³-hybridized carbons (Fsp3) is 0.200. The van der Waals surface area contributed by atoms with Crippen molar-refractivity contribution in [1.82, 2.24) is 5.32 Å². The first-order chi connectivity index (χ1) is 4.30. The van der Waals surface area contributed by atoms with Crippen LogP contribution in [0.3, 0.4) is 0 Å². The lowest BCUT2D eigenvalue weighted by Gasteiger charge is -2.02. The molecule has 9 heavy (non-hydrogen) atoms. The van der Waals surface area contributed by atoms with Crippen LogP contribution in [0.2, 0.25) is 0 Å². The van der Waals surface area contributed by atoms with E-state index in [1.165, 1.54) is 0 Å². The zero-order valence-corrected chi connectivity index (χ0v) is 4.79. The molecule has 0 saturated carbocycles. The second kappa shape index (κ2) is 2.30. The van der Waals surface area contributed by atoms with Crippen molar-refractivity contribution in [2.75, 3.05) is 6.67 Å². The first-order valence-electron chi connectivity index (χ1n) is 2.55. The third-order valence-electron chi connectivity index (χ3n) is 0.952. The number of amides is 1. The normalized spacial score (nSPS) is 16.2. The summed E-state index contributed by atoms with van der Waals surface area (Å²) in [6.45, 7) is 0.439. The molecule has 1 aliphatic heterocycles. The van der Waals surface area contributed by atoms with E-state index in [-0.39, 0.29) is 0 Å². The molecule has 0 spiro atoms. The summed E-state index contributed by atoms with van der Waals surface area (Å²) < 4.78 is 0. The van der Waals surface area contributed by atoms with Gasteiger partial charge in [0.05, 0.1) is 0 Å². The number of hydrogen-bond acceptors (Lipinski definition) is 3. The molecule has 0 unspecified atom stereocenters. The van der Waals surface area contributed by atoms with E-state index in [1.807, 2.05) is 0 Å². The fourth-order valence-electron chi connectivity index (χ4n) is 0.534.